The van der Waals surface area contributed by atoms with Crippen LogP contribution in [0.3, 0.4) is 0 Å². The Labute approximate surface area is 173 Å². The van der Waals surface area contributed by atoms with Gasteiger partial charge < -0.3 is 5.32 Å². The van der Waals surface area contributed by atoms with E-state index in [1.165, 1.54) is 19.3 Å². The third kappa shape index (κ3) is 8.30. The van der Waals surface area contributed by atoms with E-state index in [2.05, 4.69) is 22.8 Å². The number of amides is 2. The van der Waals surface area contributed by atoms with Crippen molar-refractivity contribution in [2.75, 3.05) is 0 Å². The SMILES string of the molecule is CCCCCCC(C)=NNC(=O)C(Cc1ccccc1)NC(=O)c1ccccc1. The van der Waals surface area contributed by atoms with Gasteiger partial charge in [0.05, 0.1) is 0 Å². The first-order valence-electron chi connectivity index (χ1n) is 10.3. The van der Waals surface area contributed by atoms with Gasteiger partial charge in [0.25, 0.3) is 11.8 Å². The van der Waals surface area contributed by atoms with Crippen LogP contribution in [0.2, 0.25) is 0 Å². The molecule has 2 amide bonds. The normalized spacial score (nSPS) is 12.3. The third-order valence-corrected chi connectivity index (χ3v) is 4.69. The maximum atomic E-state index is 12.8. The van der Waals surface area contributed by atoms with E-state index < -0.39 is 6.04 Å². The Morgan fingerprint density at radius 2 is 1.59 bits per heavy atom. The first kappa shape index (κ1) is 22.3. The molecule has 2 aromatic rings. The van der Waals surface area contributed by atoms with Gasteiger partial charge in [0, 0.05) is 17.7 Å². The predicted molar refractivity (Wildman–Crippen MR) is 118 cm³/mol. The van der Waals surface area contributed by atoms with E-state index >= 15 is 0 Å². The summed E-state index contributed by atoms with van der Waals surface area (Å²) in [7, 11) is 0. The summed E-state index contributed by atoms with van der Waals surface area (Å²) in [5, 5.41) is 7.08. The van der Waals surface area contributed by atoms with Crippen molar-refractivity contribution in [2.24, 2.45) is 5.10 Å². The van der Waals surface area contributed by atoms with Crippen LogP contribution in [0.4, 0.5) is 0 Å². The van der Waals surface area contributed by atoms with Crippen LogP contribution in [-0.4, -0.2) is 23.6 Å². The average molecular weight is 394 g/mol. The largest absolute Gasteiger partial charge is 0.340 e. The zero-order valence-electron chi connectivity index (χ0n) is 17.4. The van der Waals surface area contributed by atoms with Gasteiger partial charge in [-0.2, -0.15) is 5.10 Å². The lowest BCUT2D eigenvalue weighted by molar-refractivity contribution is -0.122. The van der Waals surface area contributed by atoms with Crippen LogP contribution in [-0.2, 0) is 11.2 Å². The molecule has 1 unspecified atom stereocenters. The number of nitrogens with zero attached hydrogens (tertiary/aromatic N) is 1. The van der Waals surface area contributed by atoms with Gasteiger partial charge in [0.2, 0.25) is 0 Å². The van der Waals surface area contributed by atoms with Crippen LogP contribution < -0.4 is 10.7 Å². The van der Waals surface area contributed by atoms with Crippen LogP contribution >= 0.6 is 0 Å². The molecule has 5 nitrogen and oxygen atoms in total. The number of hydrogen-bond acceptors (Lipinski definition) is 3. The fourth-order valence-electron chi connectivity index (χ4n) is 2.98. The molecular weight excluding hydrogens is 362 g/mol. The zero-order valence-corrected chi connectivity index (χ0v) is 17.4. The van der Waals surface area contributed by atoms with Crippen LogP contribution in [0.5, 0.6) is 0 Å². The second-order valence-electron chi connectivity index (χ2n) is 7.22. The van der Waals surface area contributed by atoms with Gasteiger partial charge in [-0.25, -0.2) is 5.43 Å². The molecule has 2 rings (SSSR count). The fraction of sp³-hybridized carbons (Fsp3) is 0.375. The molecule has 0 fully saturated rings. The minimum Gasteiger partial charge on any atom is -0.340 e. The second-order valence-corrected chi connectivity index (χ2v) is 7.22. The summed E-state index contributed by atoms with van der Waals surface area (Å²) in [6, 6.07) is 17.8. The van der Waals surface area contributed by atoms with E-state index in [4.69, 9.17) is 0 Å². The number of nitrogens with one attached hydrogen (secondary N) is 2. The van der Waals surface area contributed by atoms with E-state index in [9.17, 15) is 9.59 Å². The molecule has 0 bridgehead atoms. The topological polar surface area (TPSA) is 70.6 Å². The van der Waals surface area contributed by atoms with Crippen LogP contribution in [0.15, 0.2) is 65.8 Å². The minimum atomic E-state index is -0.707. The monoisotopic (exact) mass is 393 g/mol. The Hall–Kier alpha value is -2.95. The Balaban J connectivity index is 2.01. The lowest BCUT2D eigenvalue weighted by atomic mass is 10.0. The standard InChI is InChI=1S/C24H31N3O2/c1-3-4-5-8-13-19(2)26-27-24(29)22(18-20-14-9-6-10-15-20)25-23(28)21-16-11-7-12-17-21/h6-7,9-12,14-17,22H,3-5,8,13,18H2,1-2H3,(H,25,28)(H,27,29). The van der Waals surface area contributed by atoms with Gasteiger partial charge in [-0.1, -0.05) is 74.7 Å². The highest BCUT2D eigenvalue weighted by Crippen LogP contribution is 2.07. The van der Waals surface area contributed by atoms with E-state index in [1.54, 1.807) is 24.3 Å². The van der Waals surface area contributed by atoms with Crippen molar-refractivity contribution in [3.63, 3.8) is 0 Å². The highest BCUT2D eigenvalue weighted by atomic mass is 16.2. The second kappa shape index (κ2) is 12.5. The molecule has 0 saturated carbocycles. The number of hydrazone groups is 1. The van der Waals surface area contributed by atoms with Crippen molar-refractivity contribution in [3.8, 4) is 0 Å². The maximum absolute atomic E-state index is 12.8. The molecule has 154 valence electrons. The Bertz CT molecular complexity index is 788. The van der Waals surface area contributed by atoms with Crippen molar-refractivity contribution in [1.82, 2.24) is 10.7 Å². The summed E-state index contributed by atoms with van der Waals surface area (Å²) in [4.78, 5) is 25.3. The van der Waals surface area contributed by atoms with E-state index in [0.717, 1.165) is 24.1 Å². The Kier molecular flexibility index (Phi) is 9.63. The molecule has 0 spiro atoms. The molecule has 0 aliphatic carbocycles. The van der Waals surface area contributed by atoms with Crippen molar-refractivity contribution < 1.29 is 9.59 Å². The van der Waals surface area contributed by atoms with E-state index in [0.29, 0.717) is 12.0 Å². The van der Waals surface area contributed by atoms with Gasteiger partial charge in [-0.15, -0.1) is 0 Å². The van der Waals surface area contributed by atoms with E-state index in [1.807, 2.05) is 43.3 Å². The molecule has 2 N–H and O–H groups in total. The quantitative estimate of drug-likeness (QED) is 0.335. The summed E-state index contributed by atoms with van der Waals surface area (Å²) in [6.45, 7) is 4.10. The Morgan fingerprint density at radius 3 is 2.24 bits per heavy atom. The van der Waals surface area contributed by atoms with Crippen molar-refractivity contribution in [1.29, 1.82) is 0 Å². The van der Waals surface area contributed by atoms with Crippen LogP contribution in [0.1, 0.15) is 61.9 Å². The summed E-state index contributed by atoms with van der Waals surface area (Å²) in [5.41, 5.74) is 5.02. The van der Waals surface area contributed by atoms with Gasteiger partial charge >= 0.3 is 0 Å². The molecule has 2 aromatic carbocycles. The molecule has 1 atom stereocenters. The van der Waals surface area contributed by atoms with Crippen molar-refractivity contribution in [3.05, 3.63) is 71.8 Å². The highest BCUT2D eigenvalue weighted by molar-refractivity contribution is 5.97. The lowest BCUT2D eigenvalue weighted by Crippen LogP contribution is -2.47. The van der Waals surface area contributed by atoms with E-state index in [-0.39, 0.29) is 11.8 Å². The van der Waals surface area contributed by atoms with Crippen LogP contribution in [0, 0.1) is 0 Å². The molecule has 29 heavy (non-hydrogen) atoms. The number of benzene rings is 2. The summed E-state index contributed by atoms with van der Waals surface area (Å²) < 4.78 is 0. The molecular formula is C24H31N3O2. The van der Waals surface area contributed by atoms with Crippen LogP contribution in [0.25, 0.3) is 0 Å². The zero-order chi connectivity index (χ0) is 20.9. The smallest absolute Gasteiger partial charge is 0.262 e. The third-order valence-electron chi connectivity index (χ3n) is 4.69. The maximum Gasteiger partial charge on any atom is 0.262 e. The van der Waals surface area contributed by atoms with Crippen molar-refractivity contribution in [2.45, 2.75) is 58.4 Å². The number of carbonyl (C=O) groups excluding carboxylic acids is 2. The molecule has 0 aliphatic heterocycles. The average Bonchev–Trinajstić information content (AvgIpc) is 2.76. The summed E-state index contributed by atoms with van der Waals surface area (Å²) in [5.74, 6) is -0.590. The van der Waals surface area contributed by atoms with Crippen molar-refractivity contribution >= 4 is 17.5 Å². The number of carbonyl (C=O) groups is 2. The summed E-state index contributed by atoms with van der Waals surface area (Å²) >= 11 is 0. The van der Waals surface area contributed by atoms with Gasteiger partial charge in [-0.05, 0) is 37.5 Å². The summed E-state index contributed by atoms with van der Waals surface area (Å²) in [6.07, 6.45) is 5.90. The minimum absolute atomic E-state index is 0.276. The first-order valence-corrected chi connectivity index (χ1v) is 10.3. The fourth-order valence-corrected chi connectivity index (χ4v) is 2.98. The number of unbranched alkanes of at least 4 members (excludes halogenated alkanes) is 3. The number of rotatable bonds is 11. The lowest BCUT2D eigenvalue weighted by Gasteiger charge is -2.17. The molecule has 5 heteroatoms. The molecule has 0 heterocycles. The highest BCUT2D eigenvalue weighted by Gasteiger charge is 2.21. The molecule has 0 radical (unpaired) electrons. The van der Waals surface area contributed by atoms with Gasteiger partial charge in [-0.3, -0.25) is 9.59 Å². The number of hydrogen-bond donors (Lipinski definition) is 2. The Morgan fingerprint density at radius 1 is 0.931 bits per heavy atom. The van der Waals surface area contributed by atoms with Gasteiger partial charge in [0.15, 0.2) is 0 Å². The molecule has 0 saturated heterocycles. The first-order chi connectivity index (χ1) is 14.1. The molecule has 0 aliphatic rings. The van der Waals surface area contributed by atoms with Gasteiger partial charge in [0.1, 0.15) is 6.04 Å². The predicted octanol–water partition coefficient (Wildman–Crippen LogP) is 4.49. The molecule has 0 aromatic heterocycles.